The quantitative estimate of drug-likeness (QED) is 0.322. The number of Topliss-reactive ketones (excluding diaryl/α,β-unsaturated/α-hetero) is 1. The molecule has 2 saturated heterocycles. The van der Waals surface area contributed by atoms with Crippen molar-refractivity contribution in [3.63, 3.8) is 0 Å². The molecule has 1 aromatic heterocycles. The number of ether oxygens (including phenoxy) is 2. The molecule has 2 aliphatic heterocycles. The third kappa shape index (κ3) is 3.38. The summed E-state index contributed by atoms with van der Waals surface area (Å²) >= 11 is 0. The molecule has 246 valence electrons. The van der Waals surface area contributed by atoms with Crippen LogP contribution in [0.5, 0.6) is 0 Å². The summed E-state index contributed by atoms with van der Waals surface area (Å²) in [6.07, 6.45) is 3.35. The minimum Gasteiger partial charge on any atom is -0.392 e. The zero-order chi connectivity index (χ0) is 32.5. The third-order valence-electron chi connectivity index (χ3n) is 15.1. The van der Waals surface area contributed by atoms with E-state index in [0.29, 0.717) is 25.2 Å². The number of aromatic amines is 1. The molecule has 0 amide bonds. The molecule has 45 heavy (non-hydrogen) atoms. The number of carbonyl (C=O) groups is 1. The van der Waals surface area contributed by atoms with Crippen molar-refractivity contribution in [3.05, 3.63) is 34.5 Å². The molecular weight excluding hydrogens is 566 g/mol. The molecule has 4 N–H and O–H groups in total. The van der Waals surface area contributed by atoms with Crippen molar-refractivity contribution in [2.24, 2.45) is 28.6 Å². The van der Waals surface area contributed by atoms with Gasteiger partial charge in [-0.3, -0.25) is 4.79 Å². The first-order chi connectivity index (χ1) is 20.7. The zero-order valence-corrected chi connectivity index (χ0v) is 28.6. The Kier molecular flexibility index (Phi) is 5.86. The van der Waals surface area contributed by atoms with Crippen LogP contribution in [-0.2, 0) is 27.7 Å². The standard InChI is InChI=1S/C38H53NO6/c1-32(2,42)27-18-25(40)37(9)26(44-27)13-14-35(7)36(8)19(12-15-38(35,37)43)16-22-28-21-17-23-29(34(5,6)45-33(23,3)4)30(41)20(21)10-11-24(28)39-31(22)36/h10-11,19,23,25-27,29,39-40,42-43H,12-18H2,1-9H3/t19?,23?,25-,26+,27+,29?,35?,36-,37-,38+/m1/s1. The summed E-state index contributed by atoms with van der Waals surface area (Å²) in [6, 6.07) is 4.13. The van der Waals surface area contributed by atoms with Gasteiger partial charge >= 0.3 is 0 Å². The van der Waals surface area contributed by atoms with Gasteiger partial charge in [-0.25, -0.2) is 0 Å². The van der Waals surface area contributed by atoms with Gasteiger partial charge < -0.3 is 29.8 Å². The van der Waals surface area contributed by atoms with Crippen LogP contribution in [0, 0.1) is 28.6 Å². The van der Waals surface area contributed by atoms with Crippen molar-refractivity contribution in [2.75, 3.05) is 0 Å². The second-order valence-corrected chi connectivity index (χ2v) is 18.1. The maximum absolute atomic E-state index is 14.2. The van der Waals surface area contributed by atoms with Crippen LogP contribution >= 0.6 is 0 Å². The number of fused-ring (bicyclic) bond motifs is 12. The van der Waals surface area contributed by atoms with Crippen LogP contribution in [-0.4, -0.2) is 66.8 Å². The van der Waals surface area contributed by atoms with E-state index in [4.69, 9.17) is 9.47 Å². The van der Waals surface area contributed by atoms with E-state index < -0.39 is 45.4 Å². The minimum atomic E-state index is -1.17. The highest BCUT2D eigenvalue weighted by molar-refractivity contribution is 6.06. The number of aromatic nitrogens is 1. The molecular formula is C38H53NO6. The molecule has 10 atom stereocenters. The first kappa shape index (κ1) is 30.6. The highest BCUT2D eigenvalue weighted by atomic mass is 16.5. The van der Waals surface area contributed by atoms with Crippen LogP contribution in [0.3, 0.4) is 0 Å². The summed E-state index contributed by atoms with van der Waals surface area (Å²) in [5.41, 5.74) is 0.707. The largest absolute Gasteiger partial charge is 0.392 e. The molecule has 8 rings (SSSR count). The molecule has 7 heteroatoms. The minimum absolute atomic E-state index is 0.112. The van der Waals surface area contributed by atoms with Crippen LogP contribution in [0.25, 0.3) is 10.9 Å². The van der Waals surface area contributed by atoms with E-state index in [9.17, 15) is 20.1 Å². The first-order valence-electron chi connectivity index (χ1n) is 17.4. The van der Waals surface area contributed by atoms with Gasteiger partial charge in [-0.05, 0) is 109 Å². The lowest BCUT2D eigenvalue weighted by atomic mass is 9.37. The summed E-state index contributed by atoms with van der Waals surface area (Å²) in [5.74, 6) is 0.502. The number of hydrogen-bond donors (Lipinski definition) is 4. The molecule has 3 heterocycles. The van der Waals surface area contributed by atoms with Gasteiger partial charge in [0.1, 0.15) is 0 Å². The number of benzene rings is 1. The van der Waals surface area contributed by atoms with Crippen molar-refractivity contribution in [1.29, 1.82) is 0 Å². The molecule has 0 bridgehead atoms. The van der Waals surface area contributed by atoms with Crippen LogP contribution in [0.1, 0.15) is 122 Å². The Balaban J connectivity index is 1.25. The van der Waals surface area contributed by atoms with Crippen molar-refractivity contribution in [2.45, 2.75) is 153 Å². The highest BCUT2D eigenvalue weighted by Gasteiger charge is 2.76. The molecule has 1 aromatic carbocycles. The summed E-state index contributed by atoms with van der Waals surface area (Å²) in [6.45, 7) is 18.5. The Hall–Kier alpha value is -1.77. The molecule has 4 unspecified atom stereocenters. The van der Waals surface area contributed by atoms with Gasteiger partial charge in [0, 0.05) is 50.7 Å². The SMILES string of the molecule is CC1(C)OC(C)(C)C2C(=O)c3ccc4[nH]c5c(c4c3CC21)CC1CC[C@]2(O)C(C)(CC[C@@H]3O[C@H](C(C)(C)O)C[C@@H](O)[C@]32C)[C@@]51C. The molecule has 4 fully saturated rings. The van der Waals surface area contributed by atoms with Gasteiger partial charge in [0.15, 0.2) is 5.78 Å². The van der Waals surface area contributed by atoms with Gasteiger partial charge in [0.05, 0.1) is 46.6 Å². The number of nitrogens with one attached hydrogen (secondary N) is 1. The molecule has 0 radical (unpaired) electrons. The van der Waals surface area contributed by atoms with Gasteiger partial charge in [-0.2, -0.15) is 0 Å². The van der Waals surface area contributed by atoms with Crippen LogP contribution in [0.15, 0.2) is 12.1 Å². The van der Waals surface area contributed by atoms with Crippen LogP contribution in [0.2, 0.25) is 0 Å². The van der Waals surface area contributed by atoms with Crippen molar-refractivity contribution < 1.29 is 29.6 Å². The number of ketones is 1. The van der Waals surface area contributed by atoms with E-state index in [-0.39, 0.29) is 29.1 Å². The molecule has 4 aliphatic carbocycles. The van der Waals surface area contributed by atoms with E-state index in [0.717, 1.165) is 42.3 Å². The Labute approximate surface area is 267 Å². The maximum atomic E-state index is 14.2. The number of aliphatic hydroxyl groups excluding tert-OH is 1. The van der Waals surface area contributed by atoms with Crippen LogP contribution in [0.4, 0.5) is 0 Å². The molecule has 6 aliphatic rings. The molecule has 2 saturated carbocycles. The van der Waals surface area contributed by atoms with E-state index in [1.807, 2.05) is 13.0 Å². The fraction of sp³-hybridized carbons (Fsp3) is 0.763. The zero-order valence-electron chi connectivity index (χ0n) is 28.6. The monoisotopic (exact) mass is 619 g/mol. The maximum Gasteiger partial charge on any atom is 0.169 e. The fourth-order valence-corrected chi connectivity index (χ4v) is 12.5. The van der Waals surface area contributed by atoms with E-state index in [1.165, 1.54) is 16.6 Å². The number of rotatable bonds is 1. The normalized spacial score (nSPS) is 46.2. The van der Waals surface area contributed by atoms with E-state index >= 15 is 0 Å². The van der Waals surface area contributed by atoms with E-state index in [2.05, 4.69) is 52.6 Å². The van der Waals surface area contributed by atoms with Crippen molar-refractivity contribution >= 4 is 16.7 Å². The number of hydrogen-bond acceptors (Lipinski definition) is 6. The Morgan fingerprint density at radius 3 is 2.36 bits per heavy atom. The van der Waals surface area contributed by atoms with Crippen molar-refractivity contribution in [3.8, 4) is 0 Å². The van der Waals surface area contributed by atoms with Crippen molar-refractivity contribution in [1.82, 2.24) is 4.98 Å². The van der Waals surface area contributed by atoms with Gasteiger partial charge in [0.2, 0.25) is 0 Å². The summed E-state index contributed by atoms with van der Waals surface area (Å²) in [4.78, 5) is 18.1. The summed E-state index contributed by atoms with van der Waals surface area (Å²) < 4.78 is 13.1. The van der Waals surface area contributed by atoms with Gasteiger partial charge in [0.25, 0.3) is 0 Å². The predicted octanol–water partition coefficient (Wildman–Crippen LogP) is 5.78. The average molecular weight is 620 g/mol. The number of H-pyrrole nitrogens is 1. The first-order valence-corrected chi connectivity index (χ1v) is 17.4. The average Bonchev–Trinajstić information content (AvgIpc) is 3.50. The lowest BCUT2D eigenvalue weighted by Gasteiger charge is -2.71. The number of aliphatic hydroxyl groups is 3. The molecule has 0 spiro atoms. The molecule has 7 nitrogen and oxygen atoms in total. The lowest BCUT2D eigenvalue weighted by Crippen LogP contribution is -2.77. The summed E-state index contributed by atoms with van der Waals surface area (Å²) in [7, 11) is 0. The molecule has 2 aromatic rings. The third-order valence-corrected chi connectivity index (χ3v) is 15.1. The Morgan fingerprint density at radius 1 is 0.956 bits per heavy atom. The predicted molar refractivity (Wildman–Crippen MR) is 172 cm³/mol. The van der Waals surface area contributed by atoms with Gasteiger partial charge in [-0.15, -0.1) is 0 Å². The van der Waals surface area contributed by atoms with Gasteiger partial charge in [-0.1, -0.05) is 20.8 Å². The van der Waals surface area contributed by atoms with E-state index in [1.54, 1.807) is 13.8 Å². The summed E-state index contributed by atoms with van der Waals surface area (Å²) in [5, 5.41) is 37.0. The topological polar surface area (TPSA) is 112 Å². The second-order valence-electron chi connectivity index (χ2n) is 18.1. The lowest BCUT2D eigenvalue weighted by molar-refractivity contribution is -0.339. The smallest absolute Gasteiger partial charge is 0.169 e. The Morgan fingerprint density at radius 2 is 1.67 bits per heavy atom. The Bertz CT molecular complexity index is 1630. The second kappa shape index (κ2) is 8.63. The highest BCUT2D eigenvalue weighted by Crippen LogP contribution is 2.73. The fourth-order valence-electron chi connectivity index (χ4n) is 12.5. The number of carbonyl (C=O) groups excluding carboxylic acids is 1. The van der Waals surface area contributed by atoms with Crippen LogP contribution < -0.4 is 0 Å².